The minimum Gasteiger partial charge on any atom is -0.337 e. The Morgan fingerprint density at radius 3 is 3.00 bits per heavy atom. The van der Waals surface area contributed by atoms with Gasteiger partial charge in [-0.05, 0) is 19.8 Å². The molecule has 0 amide bonds. The van der Waals surface area contributed by atoms with E-state index in [0.29, 0.717) is 23.7 Å². The highest BCUT2D eigenvalue weighted by atomic mass is 35.5. The summed E-state index contributed by atoms with van der Waals surface area (Å²) in [4.78, 5) is 10.7. The van der Waals surface area contributed by atoms with Crippen molar-refractivity contribution in [3.8, 4) is 0 Å². The van der Waals surface area contributed by atoms with Crippen molar-refractivity contribution in [2.24, 2.45) is 5.73 Å². The maximum absolute atomic E-state index is 5.97. The molecule has 0 spiro atoms. The van der Waals surface area contributed by atoms with Crippen molar-refractivity contribution in [2.45, 2.75) is 25.8 Å². The molecule has 0 radical (unpaired) electrons. The molecule has 16 heavy (non-hydrogen) atoms. The van der Waals surface area contributed by atoms with Gasteiger partial charge >= 0.3 is 0 Å². The predicted molar refractivity (Wildman–Crippen MR) is 68.4 cm³/mol. The summed E-state index contributed by atoms with van der Waals surface area (Å²) < 4.78 is 0. The molecule has 2 rings (SSSR count). The van der Waals surface area contributed by atoms with Crippen LogP contribution in [0.3, 0.4) is 0 Å². The van der Waals surface area contributed by atoms with Gasteiger partial charge in [-0.2, -0.15) is 0 Å². The normalized spacial score (nSPS) is 19.7. The fourth-order valence-electron chi connectivity index (χ4n) is 1.90. The Labute approximate surface area is 107 Å². The van der Waals surface area contributed by atoms with E-state index >= 15 is 0 Å². The van der Waals surface area contributed by atoms with Gasteiger partial charge in [0.15, 0.2) is 0 Å². The third-order valence-electron chi connectivity index (χ3n) is 2.80. The first-order chi connectivity index (χ1) is 7.22. The minimum atomic E-state index is 0. The number of hydrogen-bond acceptors (Lipinski definition) is 4. The molecule has 0 aliphatic carbocycles. The highest BCUT2D eigenvalue weighted by molar-refractivity contribution is 6.30. The van der Waals surface area contributed by atoms with Crippen LogP contribution in [0, 0.1) is 6.92 Å². The van der Waals surface area contributed by atoms with Gasteiger partial charge in [0.25, 0.3) is 0 Å². The molecule has 1 aromatic heterocycles. The van der Waals surface area contributed by atoms with Crippen molar-refractivity contribution in [2.75, 3.05) is 18.0 Å². The average Bonchev–Trinajstić information content (AvgIpc) is 2.70. The molecule has 2 N–H and O–H groups in total. The zero-order valence-corrected chi connectivity index (χ0v) is 10.8. The number of nitrogens with two attached hydrogens (primary N) is 1. The Hall–Kier alpha value is -0.580. The molecule has 0 bridgehead atoms. The summed E-state index contributed by atoms with van der Waals surface area (Å²) in [5.41, 5.74) is 6.61. The highest BCUT2D eigenvalue weighted by Gasteiger charge is 2.25. The smallest absolute Gasteiger partial charge is 0.227 e. The van der Waals surface area contributed by atoms with E-state index in [-0.39, 0.29) is 12.4 Å². The summed E-state index contributed by atoms with van der Waals surface area (Å²) in [5, 5.41) is 0.530. The van der Waals surface area contributed by atoms with Gasteiger partial charge in [-0.25, -0.2) is 9.97 Å². The van der Waals surface area contributed by atoms with Crippen LogP contribution in [0.4, 0.5) is 5.95 Å². The minimum absolute atomic E-state index is 0. The number of hydrogen-bond donors (Lipinski definition) is 1. The molecule has 2 heterocycles. The van der Waals surface area contributed by atoms with Gasteiger partial charge in [-0.3, -0.25) is 0 Å². The summed E-state index contributed by atoms with van der Waals surface area (Å²) in [5.74, 6) is 0.707. The van der Waals surface area contributed by atoms with Crippen molar-refractivity contribution in [3.05, 3.63) is 16.9 Å². The van der Waals surface area contributed by atoms with Crippen LogP contribution in [-0.4, -0.2) is 29.1 Å². The van der Waals surface area contributed by atoms with E-state index in [1.54, 1.807) is 6.20 Å². The van der Waals surface area contributed by atoms with Crippen molar-refractivity contribution in [1.29, 1.82) is 0 Å². The van der Waals surface area contributed by atoms with Gasteiger partial charge < -0.3 is 10.6 Å². The summed E-state index contributed by atoms with van der Waals surface area (Å²) in [6.45, 7) is 3.52. The molecular formula is C10H16Cl2N4. The first-order valence-electron chi connectivity index (χ1n) is 5.18. The molecule has 6 heteroatoms. The molecule has 1 aliphatic heterocycles. The summed E-state index contributed by atoms with van der Waals surface area (Å²) in [7, 11) is 0. The zero-order chi connectivity index (χ0) is 10.8. The van der Waals surface area contributed by atoms with Crippen LogP contribution < -0.4 is 10.6 Å². The van der Waals surface area contributed by atoms with Crippen LogP contribution in [0.25, 0.3) is 0 Å². The van der Waals surface area contributed by atoms with Crippen molar-refractivity contribution in [1.82, 2.24) is 9.97 Å². The highest BCUT2D eigenvalue weighted by Crippen LogP contribution is 2.23. The van der Waals surface area contributed by atoms with E-state index in [1.165, 1.54) is 0 Å². The van der Waals surface area contributed by atoms with Crippen LogP contribution in [0.2, 0.25) is 5.15 Å². The Balaban J connectivity index is 0.00000128. The average molecular weight is 263 g/mol. The number of anilines is 1. The topological polar surface area (TPSA) is 55.0 Å². The number of nitrogens with zero attached hydrogens (tertiary/aromatic N) is 3. The third-order valence-corrected chi connectivity index (χ3v) is 3.19. The molecule has 0 aromatic carbocycles. The molecule has 1 fully saturated rings. The fourth-order valence-corrected chi connectivity index (χ4v) is 2.02. The van der Waals surface area contributed by atoms with Crippen LogP contribution in [0.1, 0.15) is 18.4 Å². The standard InChI is InChI=1S/C10H15ClN4.ClH/c1-7-6-13-10(14-9(7)11)15-4-2-3-8(15)5-12;/h6,8H,2-5,12H2,1H3;1H. The molecule has 1 aromatic rings. The van der Waals surface area contributed by atoms with Crippen molar-refractivity contribution < 1.29 is 0 Å². The Morgan fingerprint density at radius 2 is 2.38 bits per heavy atom. The second-order valence-electron chi connectivity index (χ2n) is 3.87. The molecule has 1 atom stereocenters. The fraction of sp³-hybridized carbons (Fsp3) is 0.600. The predicted octanol–water partition coefficient (Wildman–Crippen LogP) is 1.79. The Bertz CT molecular complexity index is 359. The van der Waals surface area contributed by atoms with Crippen LogP contribution in [0.15, 0.2) is 6.20 Å². The lowest BCUT2D eigenvalue weighted by Crippen LogP contribution is -2.36. The van der Waals surface area contributed by atoms with Gasteiger partial charge in [-0.1, -0.05) is 11.6 Å². The number of rotatable bonds is 2. The van der Waals surface area contributed by atoms with Gasteiger partial charge in [0.1, 0.15) is 5.15 Å². The zero-order valence-electron chi connectivity index (χ0n) is 9.19. The first-order valence-corrected chi connectivity index (χ1v) is 5.56. The molecule has 1 aliphatic rings. The van der Waals surface area contributed by atoms with E-state index in [0.717, 1.165) is 24.9 Å². The summed E-state index contributed by atoms with van der Waals surface area (Å²) in [6.07, 6.45) is 4.03. The molecule has 1 saturated heterocycles. The third kappa shape index (κ3) is 2.56. The molecule has 1 unspecified atom stereocenters. The Kier molecular flexibility index (Phi) is 4.77. The maximum atomic E-state index is 5.97. The quantitative estimate of drug-likeness (QED) is 0.826. The van der Waals surface area contributed by atoms with E-state index < -0.39 is 0 Å². The maximum Gasteiger partial charge on any atom is 0.227 e. The second-order valence-corrected chi connectivity index (χ2v) is 4.23. The van der Waals surface area contributed by atoms with Crippen LogP contribution in [-0.2, 0) is 0 Å². The van der Waals surface area contributed by atoms with Crippen molar-refractivity contribution >= 4 is 30.0 Å². The monoisotopic (exact) mass is 262 g/mol. The lowest BCUT2D eigenvalue weighted by molar-refractivity contribution is 0.664. The summed E-state index contributed by atoms with van der Waals surface area (Å²) in [6, 6.07) is 0.365. The van der Waals surface area contributed by atoms with Gasteiger partial charge in [0.2, 0.25) is 5.95 Å². The van der Waals surface area contributed by atoms with E-state index in [9.17, 15) is 0 Å². The van der Waals surface area contributed by atoms with E-state index in [4.69, 9.17) is 17.3 Å². The van der Waals surface area contributed by atoms with E-state index in [2.05, 4.69) is 14.9 Å². The van der Waals surface area contributed by atoms with Crippen LogP contribution in [0.5, 0.6) is 0 Å². The van der Waals surface area contributed by atoms with Gasteiger partial charge in [-0.15, -0.1) is 12.4 Å². The van der Waals surface area contributed by atoms with Crippen LogP contribution >= 0.6 is 24.0 Å². The lowest BCUT2D eigenvalue weighted by atomic mass is 10.2. The van der Waals surface area contributed by atoms with Crippen molar-refractivity contribution in [3.63, 3.8) is 0 Å². The molecule has 90 valence electrons. The second kappa shape index (κ2) is 5.66. The first kappa shape index (κ1) is 13.5. The molecule has 4 nitrogen and oxygen atoms in total. The lowest BCUT2D eigenvalue weighted by Gasteiger charge is -2.23. The largest absolute Gasteiger partial charge is 0.337 e. The Morgan fingerprint density at radius 1 is 1.62 bits per heavy atom. The number of aryl methyl sites for hydroxylation is 1. The molecular weight excluding hydrogens is 247 g/mol. The summed E-state index contributed by atoms with van der Waals surface area (Å²) >= 11 is 5.97. The molecule has 0 saturated carbocycles. The number of aromatic nitrogens is 2. The van der Waals surface area contributed by atoms with E-state index in [1.807, 2.05) is 6.92 Å². The van der Waals surface area contributed by atoms with Gasteiger partial charge in [0.05, 0.1) is 0 Å². The number of halogens is 2. The van der Waals surface area contributed by atoms with Gasteiger partial charge in [0, 0.05) is 30.9 Å². The SMILES string of the molecule is Cc1cnc(N2CCCC2CN)nc1Cl.Cl.